The summed E-state index contributed by atoms with van der Waals surface area (Å²) in [6, 6.07) is 40.6. The van der Waals surface area contributed by atoms with Gasteiger partial charge in [-0.15, -0.1) is 0 Å². The maximum atomic E-state index is 6.69. The van der Waals surface area contributed by atoms with Crippen molar-refractivity contribution in [3.63, 3.8) is 0 Å². The van der Waals surface area contributed by atoms with Crippen LogP contribution in [0.25, 0.3) is 33.8 Å². The van der Waals surface area contributed by atoms with Crippen LogP contribution in [-0.4, -0.2) is 0 Å². The van der Waals surface area contributed by atoms with Gasteiger partial charge < -0.3 is 0 Å². The van der Waals surface area contributed by atoms with Gasteiger partial charge in [0.15, 0.2) is 0 Å². The van der Waals surface area contributed by atoms with Gasteiger partial charge in [-0.3, -0.25) is 0 Å². The third-order valence-corrected chi connectivity index (χ3v) is 6.05. The van der Waals surface area contributed by atoms with Crippen LogP contribution < -0.4 is 0 Å². The summed E-state index contributed by atoms with van der Waals surface area (Å²) in [5.41, 5.74) is 9.52. The van der Waals surface area contributed by atoms with E-state index >= 15 is 0 Å². The van der Waals surface area contributed by atoms with Crippen molar-refractivity contribution in [2.24, 2.45) is 0 Å². The van der Waals surface area contributed by atoms with E-state index in [4.69, 9.17) is 4.42 Å². The van der Waals surface area contributed by atoms with E-state index in [1.54, 1.807) is 0 Å². The maximum Gasteiger partial charge on any atom is 0.364 e. The monoisotopic (exact) mass is 427 g/mol. The average molecular weight is 428 g/mol. The Morgan fingerprint density at radius 1 is 0.545 bits per heavy atom. The van der Waals surface area contributed by atoms with Crippen LogP contribution in [0.1, 0.15) is 22.3 Å². The third-order valence-electron chi connectivity index (χ3n) is 6.05. The molecule has 1 nitrogen and oxygen atoms in total. The highest BCUT2D eigenvalue weighted by atomic mass is 16.3. The summed E-state index contributed by atoms with van der Waals surface area (Å²) in [5.74, 6) is 1.80. The standard InChI is InChI=1S/C32H27O/c1-23-13-17-27(18-14-23)31-22-29(26-11-7-4-8-12-26)30(21-25-9-5-3-6-10-25)32(33-31)28-19-15-24(2)16-20-28/h3-20,22H,21H2,1-2H3/q+1. The highest BCUT2D eigenvalue weighted by molar-refractivity contribution is 5.79. The van der Waals surface area contributed by atoms with Gasteiger partial charge in [-0.1, -0.05) is 96.1 Å². The van der Waals surface area contributed by atoms with Gasteiger partial charge in [0, 0.05) is 12.0 Å². The number of aryl methyl sites for hydroxylation is 2. The minimum atomic E-state index is 0.798. The summed E-state index contributed by atoms with van der Waals surface area (Å²) in [7, 11) is 0. The van der Waals surface area contributed by atoms with Crippen molar-refractivity contribution in [1.29, 1.82) is 0 Å². The number of benzene rings is 4. The molecular weight excluding hydrogens is 400 g/mol. The van der Waals surface area contributed by atoms with Crippen molar-refractivity contribution < 1.29 is 4.42 Å². The molecule has 160 valence electrons. The Hall–Kier alpha value is -3.97. The fourth-order valence-corrected chi connectivity index (χ4v) is 4.19. The fraction of sp³-hybridized carbons (Fsp3) is 0.0938. The minimum Gasteiger partial charge on any atom is -0.206 e. The molecule has 33 heavy (non-hydrogen) atoms. The first kappa shape index (κ1) is 20.9. The largest absolute Gasteiger partial charge is 0.364 e. The molecule has 0 aliphatic heterocycles. The Bertz CT molecular complexity index is 1350. The van der Waals surface area contributed by atoms with Crippen molar-refractivity contribution in [3.8, 4) is 33.8 Å². The molecule has 1 aromatic heterocycles. The van der Waals surface area contributed by atoms with Gasteiger partial charge >= 0.3 is 11.5 Å². The van der Waals surface area contributed by atoms with Crippen LogP contribution in [0.4, 0.5) is 0 Å². The normalized spacial score (nSPS) is 10.8. The lowest BCUT2D eigenvalue weighted by molar-refractivity contribution is 0.576. The fourth-order valence-electron chi connectivity index (χ4n) is 4.19. The molecule has 0 amide bonds. The van der Waals surface area contributed by atoms with Crippen molar-refractivity contribution in [2.75, 3.05) is 0 Å². The molecule has 0 aliphatic carbocycles. The molecule has 0 saturated heterocycles. The predicted octanol–water partition coefficient (Wildman–Crippen LogP) is 8.77. The summed E-state index contributed by atoms with van der Waals surface area (Å²) in [5, 5.41) is 0. The van der Waals surface area contributed by atoms with Crippen molar-refractivity contribution in [2.45, 2.75) is 20.3 Å². The summed E-state index contributed by atoms with van der Waals surface area (Å²) in [4.78, 5) is 0. The summed E-state index contributed by atoms with van der Waals surface area (Å²) in [6.45, 7) is 4.22. The molecule has 0 aliphatic rings. The lowest BCUT2D eigenvalue weighted by Crippen LogP contribution is -1.98. The lowest BCUT2D eigenvalue weighted by atomic mass is 9.91. The number of hydrogen-bond donors (Lipinski definition) is 0. The zero-order valence-corrected chi connectivity index (χ0v) is 19.1. The van der Waals surface area contributed by atoms with Crippen molar-refractivity contribution in [3.05, 3.63) is 138 Å². The van der Waals surface area contributed by atoms with Crippen LogP contribution >= 0.6 is 0 Å². The molecular formula is C32H27O+. The van der Waals surface area contributed by atoms with Gasteiger partial charge in [0.05, 0.1) is 22.8 Å². The van der Waals surface area contributed by atoms with E-state index in [0.29, 0.717) is 0 Å². The van der Waals surface area contributed by atoms with Crippen LogP contribution in [0, 0.1) is 13.8 Å². The van der Waals surface area contributed by atoms with E-state index in [2.05, 4.69) is 129 Å². The molecule has 1 heteroatoms. The van der Waals surface area contributed by atoms with Crippen LogP contribution in [0.3, 0.4) is 0 Å². The quantitative estimate of drug-likeness (QED) is 0.255. The molecule has 4 aromatic carbocycles. The summed E-state index contributed by atoms with van der Waals surface area (Å²) >= 11 is 0. The Kier molecular flexibility index (Phi) is 5.87. The zero-order valence-electron chi connectivity index (χ0n) is 19.1. The maximum absolute atomic E-state index is 6.69. The second kappa shape index (κ2) is 9.26. The predicted molar refractivity (Wildman–Crippen MR) is 138 cm³/mol. The smallest absolute Gasteiger partial charge is 0.206 e. The first-order valence-corrected chi connectivity index (χ1v) is 11.4. The second-order valence-electron chi connectivity index (χ2n) is 8.59. The molecule has 0 bridgehead atoms. The Labute approximate surface area is 196 Å². The second-order valence-corrected chi connectivity index (χ2v) is 8.59. The molecule has 0 radical (unpaired) electrons. The average Bonchev–Trinajstić information content (AvgIpc) is 2.86. The van der Waals surface area contributed by atoms with Crippen molar-refractivity contribution >= 4 is 0 Å². The van der Waals surface area contributed by atoms with Gasteiger partial charge in [0.2, 0.25) is 0 Å². The van der Waals surface area contributed by atoms with E-state index in [1.165, 1.54) is 33.4 Å². The zero-order chi connectivity index (χ0) is 22.6. The minimum absolute atomic E-state index is 0.798. The molecule has 0 saturated carbocycles. The van der Waals surface area contributed by atoms with Crippen LogP contribution in [0.15, 0.2) is 120 Å². The van der Waals surface area contributed by atoms with Crippen LogP contribution in [-0.2, 0) is 6.42 Å². The van der Waals surface area contributed by atoms with Gasteiger partial charge in [-0.05, 0) is 49.2 Å². The van der Waals surface area contributed by atoms with E-state index in [1.807, 2.05) is 0 Å². The molecule has 0 atom stereocenters. The topological polar surface area (TPSA) is 11.3 Å². The SMILES string of the molecule is Cc1ccc(-c2cc(-c3ccccc3)c(Cc3ccccc3)c(-c3ccc(C)cc3)[o+]2)cc1. The molecule has 5 aromatic rings. The Morgan fingerprint density at radius 2 is 1.09 bits per heavy atom. The van der Waals surface area contributed by atoms with Crippen LogP contribution in [0.2, 0.25) is 0 Å². The van der Waals surface area contributed by atoms with Crippen LogP contribution in [0.5, 0.6) is 0 Å². The highest BCUT2D eigenvalue weighted by Crippen LogP contribution is 2.38. The van der Waals surface area contributed by atoms with E-state index < -0.39 is 0 Å². The first-order valence-electron chi connectivity index (χ1n) is 11.4. The lowest BCUT2D eigenvalue weighted by Gasteiger charge is -2.11. The summed E-state index contributed by atoms with van der Waals surface area (Å²) in [6.07, 6.45) is 0.798. The number of hydrogen-bond acceptors (Lipinski definition) is 0. The molecule has 0 N–H and O–H groups in total. The molecule has 0 unspecified atom stereocenters. The molecule has 1 heterocycles. The Morgan fingerprint density at radius 3 is 1.70 bits per heavy atom. The molecule has 0 spiro atoms. The van der Waals surface area contributed by atoms with E-state index in [9.17, 15) is 0 Å². The van der Waals surface area contributed by atoms with E-state index in [0.717, 1.165) is 29.1 Å². The highest BCUT2D eigenvalue weighted by Gasteiger charge is 2.27. The van der Waals surface area contributed by atoms with Gasteiger partial charge in [-0.25, -0.2) is 4.42 Å². The van der Waals surface area contributed by atoms with Gasteiger partial charge in [-0.2, -0.15) is 0 Å². The molecule has 5 rings (SSSR count). The van der Waals surface area contributed by atoms with E-state index in [-0.39, 0.29) is 0 Å². The summed E-state index contributed by atoms with van der Waals surface area (Å²) < 4.78 is 6.69. The number of rotatable bonds is 5. The Balaban J connectivity index is 1.78. The van der Waals surface area contributed by atoms with Crippen molar-refractivity contribution in [1.82, 2.24) is 0 Å². The van der Waals surface area contributed by atoms with Gasteiger partial charge in [0.25, 0.3) is 0 Å². The first-order chi connectivity index (χ1) is 16.2. The molecule has 0 fully saturated rings. The third kappa shape index (κ3) is 4.63. The van der Waals surface area contributed by atoms with Gasteiger partial charge in [0.1, 0.15) is 0 Å².